The van der Waals surface area contributed by atoms with Gasteiger partial charge in [-0.25, -0.2) is 0 Å². The van der Waals surface area contributed by atoms with Crippen molar-refractivity contribution in [1.29, 1.82) is 0 Å². The third-order valence-electron chi connectivity index (χ3n) is 4.71. The van der Waals surface area contributed by atoms with Crippen LogP contribution >= 0.6 is 11.3 Å². The molecule has 126 valence electrons. The zero-order chi connectivity index (χ0) is 17.8. The quantitative estimate of drug-likeness (QED) is 0.455. The Labute approximate surface area is 160 Å². The van der Waals surface area contributed by atoms with Gasteiger partial charge < -0.3 is 0 Å². The molecule has 3 heteroatoms. The van der Waals surface area contributed by atoms with Crippen molar-refractivity contribution >= 4 is 42.4 Å². The van der Waals surface area contributed by atoms with E-state index in [4.69, 9.17) is 0 Å². The summed E-state index contributed by atoms with van der Waals surface area (Å²) in [7, 11) is 0. The fourth-order valence-corrected chi connectivity index (χ4v) is 14.3. The molecule has 0 radical (unpaired) electrons. The van der Waals surface area contributed by atoms with Crippen molar-refractivity contribution in [2.45, 2.75) is 0 Å². The first-order valence-corrected chi connectivity index (χ1v) is 13.7. The average molecular weight is 415 g/mol. The van der Waals surface area contributed by atoms with Crippen LogP contribution in [-0.2, 0) is 0 Å². The molecule has 0 amide bonds. The number of carbonyl (C=O) groups is 1. The van der Waals surface area contributed by atoms with Crippen LogP contribution in [0.1, 0.15) is 9.67 Å². The van der Waals surface area contributed by atoms with Crippen molar-refractivity contribution < 1.29 is 4.79 Å². The van der Waals surface area contributed by atoms with Crippen molar-refractivity contribution in [3.8, 4) is 0 Å². The second kappa shape index (κ2) is 7.44. The third kappa shape index (κ3) is 2.85. The Morgan fingerprint density at radius 1 is 0.577 bits per heavy atom. The second-order valence-electron chi connectivity index (χ2n) is 6.15. The van der Waals surface area contributed by atoms with Gasteiger partial charge in [-0.3, -0.25) is 0 Å². The summed E-state index contributed by atoms with van der Waals surface area (Å²) in [6, 6.07) is 35.0. The summed E-state index contributed by atoms with van der Waals surface area (Å²) < 4.78 is 3.80. The van der Waals surface area contributed by atoms with Gasteiger partial charge in [0.15, 0.2) is 0 Å². The van der Waals surface area contributed by atoms with Crippen molar-refractivity contribution in [3.63, 3.8) is 0 Å². The van der Waals surface area contributed by atoms with Crippen molar-refractivity contribution in [2.75, 3.05) is 0 Å². The number of hydrogen-bond acceptors (Lipinski definition) is 2. The summed E-state index contributed by atoms with van der Waals surface area (Å²) in [5, 5.41) is 1.99. The minimum absolute atomic E-state index is 0.295. The summed E-state index contributed by atoms with van der Waals surface area (Å²) in [5.41, 5.74) is 0. The Morgan fingerprint density at radius 2 is 1.00 bits per heavy atom. The van der Waals surface area contributed by atoms with E-state index in [1.807, 2.05) is 72.1 Å². The molecule has 0 spiro atoms. The van der Waals surface area contributed by atoms with E-state index in [-0.39, 0.29) is 0 Å². The predicted molar refractivity (Wildman–Crippen MR) is 113 cm³/mol. The zero-order valence-corrected chi connectivity index (χ0v) is 17.1. The molecule has 1 heterocycles. The molecule has 1 aromatic heterocycles. The van der Waals surface area contributed by atoms with E-state index in [0.29, 0.717) is 4.62 Å². The molecule has 0 atom stereocenters. The Morgan fingerprint density at radius 3 is 1.35 bits per heavy atom. The molecule has 0 aliphatic rings. The topological polar surface area (TPSA) is 17.1 Å². The Bertz CT molecular complexity index is 884. The Balaban J connectivity index is 2.09. The predicted octanol–water partition coefficient (Wildman–Crippen LogP) is 3.64. The summed E-state index contributed by atoms with van der Waals surface area (Å²) in [5.74, 6) is 0. The van der Waals surface area contributed by atoms with Crippen LogP contribution in [0, 0.1) is 0 Å². The van der Waals surface area contributed by atoms with E-state index in [2.05, 4.69) is 36.4 Å². The van der Waals surface area contributed by atoms with E-state index in [9.17, 15) is 4.79 Å². The maximum atomic E-state index is 14.0. The molecule has 0 aliphatic heterocycles. The first-order valence-electron chi connectivity index (χ1n) is 8.58. The molecule has 0 fully saturated rings. The molecule has 4 aromatic rings. The number of benzene rings is 3. The van der Waals surface area contributed by atoms with E-state index >= 15 is 0 Å². The summed E-state index contributed by atoms with van der Waals surface area (Å²) >= 11 is -2.02. The fourth-order valence-electron chi connectivity index (χ4n) is 3.55. The molecule has 0 saturated carbocycles. The van der Waals surface area contributed by atoms with Gasteiger partial charge >= 0.3 is 161 Å². The summed E-state index contributed by atoms with van der Waals surface area (Å²) in [4.78, 5) is 14.9. The van der Waals surface area contributed by atoms with Crippen LogP contribution in [0.15, 0.2) is 109 Å². The standard InChI is InChI=1S/C23H18GeOS/c25-23(22-17-10-18-26-22)24(19-11-4-1-5-12-19,20-13-6-2-7-14-20)21-15-8-3-9-16-21/h1-18H. The van der Waals surface area contributed by atoms with Gasteiger partial charge in [-0.15, -0.1) is 0 Å². The van der Waals surface area contributed by atoms with Gasteiger partial charge in [0, 0.05) is 0 Å². The third-order valence-corrected chi connectivity index (χ3v) is 15.5. The van der Waals surface area contributed by atoms with Crippen molar-refractivity contribution in [1.82, 2.24) is 0 Å². The Hall–Kier alpha value is -2.43. The van der Waals surface area contributed by atoms with E-state index in [1.54, 1.807) is 0 Å². The van der Waals surface area contributed by atoms with Gasteiger partial charge in [0.25, 0.3) is 0 Å². The molecule has 4 rings (SSSR count). The SMILES string of the molecule is O=[C](c1cccs1)[Ge]([c]1ccccc1)([c]1ccccc1)[c]1ccccc1. The molecular formula is C23H18GeOS. The van der Waals surface area contributed by atoms with Gasteiger partial charge in [-0.2, -0.15) is 0 Å². The first-order chi connectivity index (χ1) is 12.8. The van der Waals surface area contributed by atoms with Gasteiger partial charge in [0.1, 0.15) is 0 Å². The van der Waals surface area contributed by atoms with Gasteiger partial charge in [-0.05, 0) is 0 Å². The van der Waals surface area contributed by atoms with Gasteiger partial charge in [-0.1, -0.05) is 0 Å². The molecule has 0 saturated heterocycles. The molecule has 0 N–H and O–H groups in total. The van der Waals surface area contributed by atoms with Crippen LogP contribution in [0.3, 0.4) is 0 Å². The molecule has 3 aromatic carbocycles. The molecule has 26 heavy (non-hydrogen) atoms. The molecule has 0 aliphatic carbocycles. The minimum atomic E-state index is -3.56. The normalized spacial score (nSPS) is 11.2. The van der Waals surface area contributed by atoms with E-state index < -0.39 is 13.3 Å². The molecular weight excluding hydrogens is 397 g/mol. The number of hydrogen-bond donors (Lipinski definition) is 0. The first kappa shape index (κ1) is 17.0. The monoisotopic (exact) mass is 416 g/mol. The van der Waals surface area contributed by atoms with E-state index in [1.165, 1.54) is 24.5 Å². The average Bonchev–Trinajstić information content (AvgIpc) is 3.26. The van der Waals surface area contributed by atoms with Crippen LogP contribution in [0.5, 0.6) is 0 Å². The maximum absolute atomic E-state index is 14.0. The van der Waals surface area contributed by atoms with Crippen LogP contribution in [0.25, 0.3) is 0 Å². The fraction of sp³-hybridized carbons (Fsp3) is 0. The Kier molecular flexibility index (Phi) is 4.87. The van der Waals surface area contributed by atoms with Crippen molar-refractivity contribution in [2.24, 2.45) is 0 Å². The molecule has 1 nitrogen and oxygen atoms in total. The zero-order valence-electron chi connectivity index (χ0n) is 14.2. The summed E-state index contributed by atoms with van der Waals surface area (Å²) in [6.07, 6.45) is 0. The molecule has 0 bridgehead atoms. The van der Waals surface area contributed by atoms with Crippen LogP contribution in [0.4, 0.5) is 0 Å². The van der Waals surface area contributed by atoms with Gasteiger partial charge in [0.05, 0.1) is 0 Å². The van der Waals surface area contributed by atoms with Crippen LogP contribution < -0.4 is 13.2 Å². The van der Waals surface area contributed by atoms with E-state index in [0.717, 1.165) is 4.88 Å². The van der Waals surface area contributed by atoms with Crippen molar-refractivity contribution in [3.05, 3.63) is 113 Å². The second-order valence-corrected chi connectivity index (χ2v) is 14.8. The number of thiophene rings is 1. The number of rotatable bonds is 5. The molecule has 0 unspecified atom stereocenters. The number of carbonyl (C=O) groups excluding carboxylic acids is 1. The van der Waals surface area contributed by atoms with Crippen LogP contribution in [0.2, 0.25) is 0 Å². The van der Waals surface area contributed by atoms with Crippen LogP contribution in [-0.4, -0.2) is 17.9 Å². The van der Waals surface area contributed by atoms with Gasteiger partial charge in [0.2, 0.25) is 0 Å². The summed E-state index contributed by atoms with van der Waals surface area (Å²) in [6.45, 7) is 0.